The van der Waals surface area contributed by atoms with E-state index in [9.17, 15) is 10.1 Å². The molecule has 11 heteroatoms. The molecule has 0 saturated heterocycles. The molecular formula is C20H15Cl2IN4O4. The van der Waals surface area contributed by atoms with Gasteiger partial charge in [0.1, 0.15) is 18.6 Å². The van der Waals surface area contributed by atoms with Gasteiger partial charge in [0.25, 0.3) is 5.69 Å². The summed E-state index contributed by atoms with van der Waals surface area (Å²) in [5.74, 6) is 1.49. The molecule has 0 atom stereocenters. The predicted octanol–water partition coefficient (Wildman–Crippen LogP) is 5.93. The molecule has 0 aliphatic heterocycles. The van der Waals surface area contributed by atoms with Crippen molar-refractivity contribution in [2.24, 2.45) is 5.10 Å². The number of rotatable bonds is 8. The molecule has 160 valence electrons. The number of pyridine rings is 1. The number of hydrazone groups is 1. The van der Waals surface area contributed by atoms with Crippen molar-refractivity contribution in [1.29, 1.82) is 0 Å². The third kappa shape index (κ3) is 6.18. The highest BCUT2D eigenvalue weighted by molar-refractivity contribution is 14.1. The second kappa shape index (κ2) is 10.6. The van der Waals surface area contributed by atoms with E-state index in [0.717, 1.165) is 20.9 Å². The van der Waals surface area contributed by atoms with E-state index in [1.165, 1.54) is 12.1 Å². The molecule has 3 rings (SSSR count). The lowest BCUT2D eigenvalue weighted by atomic mass is 10.2. The highest BCUT2D eigenvalue weighted by Crippen LogP contribution is 2.35. The zero-order valence-corrected chi connectivity index (χ0v) is 19.7. The number of nitro groups is 1. The maximum absolute atomic E-state index is 10.7. The molecule has 8 nitrogen and oxygen atoms in total. The molecule has 3 aromatic rings. The number of nitrogens with one attached hydrogen (secondary N) is 1. The topological polar surface area (TPSA) is 98.9 Å². The summed E-state index contributed by atoms with van der Waals surface area (Å²) in [6.07, 6.45) is 2.73. The van der Waals surface area contributed by atoms with Crippen LogP contribution in [0.1, 0.15) is 11.1 Å². The summed E-state index contributed by atoms with van der Waals surface area (Å²) in [4.78, 5) is 14.1. The van der Waals surface area contributed by atoms with Crippen LogP contribution in [0.15, 0.2) is 53.8 Å². The van der Waals surface area contributed by atoms with Gasteiger partial charge in [-0.25, -0.2) is 4.98 Å². The van der Waals surface area contributed by atoms with Crippen molar-refractivity contribution in [2.75, 3.05) is 12.5 Å². The number of hydrogen-bond donors (Lipinski definition) is 1. The Morgan fingerprint density at radius 1 is 1.26 bits per heavy atom. The lowest BCUT2D eigenvalue weighted by Gasteiger charge is -2.14. The average molecular weight is 573 g/mol. The van der Waals surface area contributed by atoms with Gasteiger partial charge < -0.3 is 9.47 Å². The summed E-state index contributed by atoms with van der Waals surface area (Å²) < 4.78 is 12.2. The van der Waals surface area contributed by atoms with Gasteiger partial charge >= 0.3 is 0 Å². The number of methoxy groups -OCH3 is 1. The zero-order valence-electron chi connectivity index (χ0n) is 16.0. The number of anilines is 1. The molecule has 31 heavy (non-hydrogen) atoms. The summed E-state index contributed by atoms with van der Waals surface area (Å²) in [6.45, 7) is 0.253. The molecule has 1 heterocycles. The predicted molar refractivity (Wildman–Crippen MR) is 129 cm³/mol. The molecule has 0 radical (unpaired) electrons. The number of benzene rings is 2. The number of aromatic nitrogens is 1. The van der Waals surface area contributed by atoms with Gasteiger partial charge in [0.15, 0.2) is 11.5 Å². The van der Waals surface area contributed by atoms with E-state index >= 15 is 0 Å². The first kappa shape index (κ1) is 23.0. The highest BCUT2D eigenvalue weighted by atomic mass is 127. The van der Waals surface area contributed by atoms with Gasteiger partial charge in [0.05, 0.1) is 21.8 Å². The van der Waals surface area contributed by atoms with Crippen molar-refractivity contribution in [3.8, 4) is 11.5 Å². The van der Waals surface area contributed by atoms with E-state index in [2.05, 4.69) is 38.1 Å². The van der Waals surface area contributed by atoms with Gasteiger partial charge in [-0.1, -0.05) is 29.3 Å². The van der Waals surface area contributed by atoms with E-state index in [1.807, 2.05) is 12.1 Å². The Balaban J connectivity index is 1.70. The SMILES string of the molecule is COc1cc(/C=N/Nc2ccc([N+](=O)[O-])cn2)cc(I)c1OCc1ccc(Cl)cc1Cl. The van der Waals surface area contributed by atoms with Gasteiger partial charge in [-0.15, -0.1) is 0 Å². The van der Waals surface area contributed by atoms with Crippen LogP contribution in [0, 0.1) is 13.7 Å². The highest BCUT2D eigenvalue weighted by Gasteiger charge is 2.13. The molecule has 1 N–H and O–H groups in total. The average Bonchev–Trinajstić information content (AvgIpc) is 2.74. The fourth-order valence-corrected chi connectivity index (χ4v) is 3.72. The van der Waals surface area contributed by atoms with Crippen molar-refractivity contribution < 1.29 is 14.4 Å². The van der Waals surface area contributed by atoms with Crippen LogP contribution < -0.4 is 14.9 Å². The zero-order chi connectivity index (χ0) is 22.4. The number of ether oxygens (including phenoxy) is 2. The van der Waals surface area contributed by atoms with Gasteiger partial charge in [-0.2, -0.15) is 5.10 Å². The minimum absolute atomic E-state index is 0.0932. The second-order valence-electron chi connectivity index (χ2n) is 6.09. The molecular weight excluding hydrogens is 558 g/mol. The Morgan fingerprint density at radius 3 is 2.71 bits per heavy atom. The van der Waals surface area contributed by atoms with Gasteiger partial charge in [-0.3, -0.25) is 15.5 Å². The van der Waals surface area contributed by atoms with Crippen LogP contribution in [0.5, 0.6) is 11.5 Å². The van der Waals surface area contributed by atoms with Crippen molar-refractivity contribution in [1.82, 2.24) is 4.98 Å². The summed E-state index contributed by atoms with van der Waals surface area (Å²) in [6, 6.07) is 11.7. The first-order valence-electron chi connectivity index (χ1n) is 8.71. The first-order valence-corrected chi connectivity index (χ1v) is 10.5. The third-order valence-electron chi connectivity index (χ3n) is 3.99. The van der Waals surface area contributed by atoms with E-state index < -0.39 is 4.92 Å². The summed E-state index contributed by atoms with van der Waals surface area (Å²) in [5, 5.41) is 15.9. The monoisotopic (exact) mass is 572 g/mol. The van der Waals surface area contributed by atoms with Crippen LogP contribution >= 0.6 is 45.8 Å². The lowest BCUT2D eigenvalue weighted by molar-refractivity contribution is -0.385. The molecule has 0 bridgehead atoms. The lowest BCUT2D eigenvalue weighted by Crippen LogP contribution is -2.01. The molecule has 2 aromatic carbocycles. The summed E-state index contributed by atoms with van der Waals surface area (Å²) in [7, 11) is 1.55. The number of nitrogens with zero attached hydrogens (tertiary/aromatic N) is 3. The molecule has 0 fully saturated rings. The van der Waals surface area contributed by atoms with E-state index in [4.69, 9.17) is 32.7 Å². The molecule has 1 aromatic heterocycles. The van der Waals surface area contributed by atoms with E-state index in [1.54, 1.807) is 31.5 Å². The largest absolute Gasteiger partial charge is 0.493 e. The molecule has 0 amide bonds. The maximum atomic E-state index is 10.7. The van der Waals surface area contributed by atoms with Crippen LogP contribution in [0.25, 0.3) is 0 Å². The van der Waals surface area contributed by atoms with E-state index in [0.29, 0.717) is 27.4 Å². The normalized spacial score (nSPS) is 10.8. The molecule has 0 saturated carbocycles. The molecule has 0 aliphatic rings. The number of halogens is 3. The Morgan fingerprint density at radius 2 is 2.06 bits per heavy atom. The van der Waals surface area contributed by atoms with Crippen molar-refractivity contribution in [2.45, 2.75) is 6.61 Å². The fraction of sp³-hybridized carbons (Fsp3) is 0.100. The van der Waals surface area contributed by atoms with Crippen LogP contribution in [-0.4, -0.2) is 23.2 Å². The van der Waals surface area contributed by atoms with Gasteiger partial charge in [0.2, 0.25) is 0 Å². The maximum Gasteiger partial charge on any atom is 0.287 e. The minimum atomic E-state index is -0.515. The van der Waals surface area contributed by atoms with Gasteiger partial charge in [0, 0.05) is 21.7 Å². The number of hydrogen-bond acceptors (Lipinski definition) is 7. The quantitative estimate of drug-likeness (QED) is 0.155. The second-order valence-corrected chi connectivity index (χ2v) is 8.09. The van der Waals surface area contributed by atoms with Crippen LogP contribution in [0.2, 0.25) is 10.0 Å². The minimum Gasteiger partial charge on any atom is -0.493 e. The van der Waals surface area contributed by atoms with Crippen LogP contribution in [-0.2, 0) is 6.61 Å². The molecule has 0 aliphatic carbocycles. The van der Waals surface area contributed by atoms with E-state index in [-0.39, 0.29) is 12.3 Å². The Hall–Kier alpha value is -2.63. The Bertz CT molecular complexity index is 1130. The molecule has 0 spiro atoms. The van der Waals surface area contributed by atoms with Crippen molar-refractivity contribution in [3.05, 3.63) is 83.5 Å². The van der Waals surface area contributed by atoms with Gasteiger partial charge in [-0.05, 0) is 58.5 Å². The van der Waals surface area contributed by atoms with Crippen molar-refractivity contribution >= 4 is 63.5 Å². The fourth-order valence-electron chi connectivity index (χ4n) is 2.48. The smallest absolute Gasteiger partial charge is 0.287 e. The summed E-state index contributed by atoms with van der Waals surface area (Å²) >= 11 is 14.3. The third-order valence-corrected chi connectivity index (χ3v) is 5.38. The van der Waals surface area contributed by atoms with Crippen molar-refractivity contribution in [3.63, 3.8) is 0 Å². The Kier molecular flexibility index (Phi) is 7.88. The first-order chi connectivity index (χ1) is 14.9. The standard InChI is InChI=1S/C20H15Cl2IN4O4/c1-30-18-7-12(9-25-26-19-5-4-15(10-24-19)27(28)29)6-17(23)20(18)31-11-13-2-3-14(21)8-16(13)22/h2-10H,11H2,1H3,(H,24,26)/b25-9+. The van der Waals surface area contributed by atoms with Crippen LogP contribution in [0.4, 0.5) is 11.5 Å². The van der Waals surface area contributed by atoms with Crippen LogP contribution in [0.3, 0.4) is 0 Å². The molecule has 0 unspecified atom stereocenters. The summed E-state index contributed by atoms with van der Waals surface area (Å²) in [5.41, 5.74) is 4.19. The Labute approximate surface area is 201 Å².